The van der Waals surface area contributed by atoms with Gasteiger partial charge in [-0.1, -0.05) is 19.3 Å². The molecule has 1 aliphatic rings. The average molecular weight is 218 g/mol. The van der Waals surface area contributed by atoms with Gasteiger partial charge in [0.05, 0.1) is 17.7 Å². The minimum absolute atomic E-state index is 0.171. The summed E-state index contributed by atoms with van der Waals surface area (Å²) in [6.07, 6.45) is 6.19. The zero-order valence-corrected chi connectivity index (χ0v) is 9.66. The zero-order valence-electron chi connectivity index (χ0n) is 9.66. The standard InChI is InChI=1S/C12H18N4/c1-8(7-13)10-11(15-16-12(10)14)9-5-3-2-4-6-9/h8-9H,2-6H2,1H3,(H3,14,15,16). The van der Waals surface area contributed by atoms with Crippen molar-refractivity contribution in [3.05, 3.63) is 11.3 Å². The lowest BCUT2D eigenvalue weighted by Gasteiger charge is -2.21. The average Bonchev–Trinajstić information content (AvgIpc) is 2.71. The van der Waals surface area contributed by atoms with Crippen molar-refractivity contribution < 1.29 is 0 Å². The molecule has 1 unspecified atom stereocenters. The third kappa shape index (κ3) is 1.90. The van der Waals surface area contributed by atoms with Crippen LogP contribution < -0.4 is 5.73 Å². The Morgan fingerprint density at radius 1 is 1.44 bits per heavy atom. The lowest BCUT2D eigenvalue weighted by molar-refractivity contribution is 0.434. The monoisotopic (exact) mass is 218 g/mol. The summed E-state index contributed by atoms with van der Waals surface area (Å²) < 4.78 is 0. The molecule has 1 saturated carbocycles. The zero-order chi connectivity index (χ0) is 11.5. The molecule has 1 aromatic heterocycles. The highest BCUT2D eigenvalue weighted by Gasteiger charge is 2.25. The van der Waals surface area contributed by atoms with Gasteiger partial charge in [0.2, 0.25) is 0 Å². The molecular formula is C12H18N4. The van der Waals surface area contributed by atoms with Crippen LogP contribution in [0.4, 0.5) is 5.82 Å². The van der Waals surface area contributed by atoms with Crippen LogP contribution in [0.2, 0.25) is 0 Å². The number of rotatable bonds is 2. The molecule has 0 amide bonds. The topological polar surface area (TPSA) is 78.5 Å². The molecule has 86 valence electrons. The lowest BCUT2D eigenvalue weighted by Crippen LogP contribution is -2.08. The molecule has 0 aromatic carbocycles. The van der Waals surface area contributed by atoms with Gasteiger partial charge in [0.25, 0.3) is 0 Å². The fourth-order valence-electron chi connectivity index (χ4n) is 2.59. The lowest BCUT2D eigenvalue weighted by atomic mass is 9.83. The van der Waals surface area contributed by atoms with E-state index >= 15 is 0 Å². The maximum atomic E-state index is 9.01. The maximum Gasteiger partial charge on any atom is 0.123 e. The Bertz CT molecular complexity index is 396. The summed E-state index contributed by atoms with van der Waals surface area (Å²) in [5.41, 5.74) is 7.81. The van der Waals surface area contributed by atoms with E-state index in [9.17, 15) is 0 Å². The summed E-state index contributed by atoms with van der Waals surface area (Å²) in [7, 11) is 0. The molecule has 16 heavy (non-hydrogen) atoms. The van der Waals surface area contributed by atoms with Crippen molar-refractivity contribution in [2.75, 3.05) is 5.73 Å². The van der Waals surface area contributed by atoms with Gasteiger partial charge in [-0.15, -0.1) is 0 Å². The highest BCUT2D eigenvalue weighted by molar-refractivity contribution is 5.48. The van der Waals surface area contributed by atoms with Crippen LogP contribution in [0.1, 0.15) is 62.1 Å². The van der Waals surface area contributed by atoms with Crippen molar-refractivity contribution in [1.82, 2.24) is 10.2 Å². The van der Waals surface area contributed by atoms with Crippen molar-refractivity contribution in [2.24, 2.45) is 0 Å². The van der Waals surface area contributed by atoms with Crippen molar-refractivity contribution in [2.45, 2.75) is 50.9 Å². The van der Waals surface area contributed by atoms with E-state index in [4.69, 9.17) is 11.0 Å². The van der Waals surface area contributed by atoms with Gasteiger partial charge in [-0.05, 0) is 19.8 Å². The first kappa shape index (κ1) is 11.0. The Morgan fingerprint density at radius 3 is 2.75 bits per heavy atom. The molecule has 1 fully saturated rings. The highest BCUT2D eigenvalue weighted by atomic mass is 15.2. The summed E-state index contributed by atoms with van der Waals surface area (Å²) >= 11 is 0. The molecule has 0 radical (unpaired) electrons. The molecule has 0 aliphatic heterocycles. The van der Waals surface area contributed by atoms with E-state index in [1.165, 1.54) is 32.1 Å². The summed E-state index contributed by atoms with van der Waals surface area (Å²) in [6.45, 7) is 1.88. The second-order valence-electron chi connectivity index (χ2n) is 4.62. The van der Waals surface area contributed by atoms with Gasteiger partial charge in [-0.2, -0.15) is 10.4 Å². The van der Waals surface area contributed by atoms with Gasteiger partial charge in [0, 0.05) is 11.5 Å². The molecule has 4 nitrogen and oxygen atoms in total. The predicted octanol–water partition coefficient (Wildman–Crippen LogP) is 2.67. The summed E-state index contributed by atoms with van der Waals surface area (Å²) in [5, 5.41) is 16.1. The molecule has 0 saturated heterocycles. The van der Waals surface area contributed by atoms with Crippen LogP contribution in [-0.2, 0) is 0 Å². The molecule has 4 heteroatoms. The van der Waals surface area contributed by atoms with Gasteiger partial charge >= 0.3 is 0 Å². The number of hydrogen-bond acceptors (Lipinski definition) is 3. The van der Waals surface area contributed by atoms with Gasteiger partial charge < -0.3 is 5.73 Å². The first-order valence-corrected chi connectivity index (χ1v) is 5.97. The van der Waals surface area contributed by atoms with E-state index in [1.807, 2.05) is 6.92 Å². The van der Waals surface area contributed by atoms with E-state index in [0.29, 0.717) is 11.7 Å². The first-order valence-electron chi connectivity index (χ1n) is 5.97. The smallest absolute Gasteiger partial charge is 0.123 e. The van der Waals surface area contributed by atoms with E-state index in [-0.39, 0.29) is 5.92 Å². The first-order chi connectivity index (χ1) is 7.74. The number of H-pyrrole nitrogens is 1. The van der Waals surface area contributed by atoms with Crippen LogP contribution in [0, 0.1) is 11.3 Å². The fourth-order valence-corrected chi connectivity index (χ4v) is 2.59. The molecule has 0 bridgehead atoms. The Kier molecular flexibility index (Phi) is 3.14. The number of nitrogens with two attached hydrogens (primary N) is 1. The third-order valence-electron chi connectivity index (χ3n) is 3.48. The molecule has 1 heterocycles. The summed E-state index contributed by atoms with van der Waals surface area (Å²) in [6, 6.07) is 2.25. The van der Waals surface area contributed by atoms with Crippen molar-refractivity contribution in [3.63, 3.8) is 0 Å². The van der Waals surface area contributed by atoms with Crippen molar-refractivity contribution >= 4 is 5.82 Å². The largest absolute Gasteiger partial charge is 0.384 e. The van der Waals surface area contributed by atoms with Crippen LogP contribution in [0.25, 0.3) is 0 Å². The van der Waals surface area contributed by atoms with Gasteiger partial charge in [-0.25, -0.2) is 0 Å². The van der Waals surface area contributed by atoms with Crippen molar-refractivity contribution in [3.8, 4) is 6.07 Å². The quantitative estimate of drug-likeness (QED) is 0.801. The second kappa shape index (κ2) is 4.56. The Labute approximate surface area is 95.8 Å². The van der Waals surface area contributed by atoms with E-state index in [1.54, 1.807) is 0 Å². The van der Waals surface area contributed by atoms with E-state index in [2.05, 4.69) is 16.3 Å². The molecule has 1 aliphatic carbocycles. The fraction of sp³-hybridized carbons (Fsp3) is 0.667. The maximum absolute atomic E-state index is 9.01. The SMILES string of the molecule is CC(C#N)c1c(C2CCCCC2)n[nH]c1N. The molecule has 2 rings (SSSR count). The second-order valence-corrected chi connectivity index (χ2v) is 4.62. The van der Waals surface area contributed by atoms with Crippen molar-refractivity contribution in [1.29, 1.82) is 5.26 Å². The Morgan fingerprint density at radius 2 is 2.12 bits per heavy atom. The summed E-state index contributed by atoms with van der Waals surface area (Å²) in [4.78, 5) is 0. The van der Waals surface area contributed by atoms with Gasteiger partial charge in [0.1, 0.15) is 5.82 Å². The molecule has 1 aromatic rings. The predicted molar refractivity (Wildman–Crippen MR) is 62.9 cm³/mol. The number of nitriles is 1. The number of hydrogen-bond donors (Lipinski definition) is 2. The van der Waals surface area contributed by atoms with Crippen LogP contribution >= 0.6 is 0 Å². The van der Waals surface area contributed by atoms with Gasteiger partial charge in [0.15, 0.2) is 0 Å². The number of nitrogens with zero attached hydrogens (tertiary/aromatic N) is 2. The molecule has 1 atom stereocenters. The number of anilines is 1. The van der Waals surface area contributed by atoms with Crippen LogP contribution in [0.15, 0.2) is 0 Å². The Hall–Kier alpha value is -1.50. The minimum atomic E-state index is -0.171. The van der Waals surface area contributed by atoms with E-state index < -0.39 is 0 Å². The Balaban J connectivity index is 2.30. The number of aromatic nitrogens is 2. The molecular weight excluding hydrogens is 200 g/mol. The number of aromatic amines is 1. The van der Waals surface area contributed by atoms with Gasteiger partial charge in [-0.3, -0.25) is 5.10 Å². The summed E-state index contributed by atoms with van der Waals surface area (Å²) in [5.74, 6) is 0.887. The minimum Gasteiger partial charge on any atom is -0.384 e. The van der Waals surface area contributed by atoms with Crippen LogP contribution in [-0.4, -0.2) is 10.2 Å². The number of nitrogens with one attached hydrogen (secondary N) is 1. The molecule has 0 spiro atoms. The van der Waals surface area contributed by atoms with E-state index in [0.717, 1.165) is 11.3 Å². The number of nitrogen functional groups attached to an aromatic ring is 1. The molecule has 3 N–H and O–H groups in total. The highest BCUT2D eigenvalue weighted by Crippen LogP contribution is 2.37. The van der Waals surface area contributed by atoms with Crippen LogP contribution in [0.3, 0.4) is 0 Å². The third-order valence-corrected chi connectivity index (χ3v) is 3.48. The normalized spacial score (nSPS) is 19.2. The van der Waals surface area contributed by atoms with Crippen LogP contribution in [0.5, 0.6) is 0 Å².